The lowest BCUT2D eigenvalue weighted by Crippen LogP contribution is -2.04. The zero-order chi connectivity index (χ0) is 9.42. The normalized spacial score (nSPS) is 25.8. The van der Waals surface area contributed by atoms with Gasteiger partial charge in [-0.05, 0) is 35.5 Å². The maximum atomic E-state index is 5.56. The summed E-state index contributed by atoms with van der Waals surface area (Å²) < 4.78 is 5.37. The van der Waals surface area contributed by atoms with E-state index in [4.69, 9.17) is 27.9 Å². The molecule has 70 valence electrons. The lowest BCUT2D eigenvalue weighted by atomic mass is 10.5. The van der Waals surface area contributed by atoms with Crippen LogP contribution in [-0.4, -0.2) is 21.1 Å². The number of hydrogen-bond acceptors (Lipinski definition) is 4. The van der Waals surface area contributed by atoms with Gasteiger partial charge in [-0.1, -0.05) is 6.92 Å². The monoisotopic (exact) mass is 219 g/mol. The summed E-state index contributed by atoms with van der Waals surface area (Å²) in [5, 5.41) is 0.117. The van der Waals surface area contributed by atoms with Gasteiger partial charge in [0.15, 0.2) is 0 Å². The first-order chi connectivity index (χ1) is 6.15. The van der Waals surface area contributed by atoms with Gasteiger partial charge in [0.2, 0.25) is 10.6 Å². The van der Waals surface area contributed by atoms with E-state index < -0.39 is 0 Å². The van der Waals surface area contributed by atoms with E-state index in [1.54, 1.807) is 0 Å². The molecule has 1 fully saturated rings. The molecule has 2 rings (SSSR count). The van der Waals surface area contributed by atoms with Gasteiger partial charge < -0.3 is 4.74 Å². The van der Waals surface area contributed by atoms with Crippen molar-refractivity contribution in [1.82, 2.24) is 15.0 Å². The lowest BCUT2D eigenvalue weighted by Gasteiger charge is -2.01. The van der Waals surface area contributed by atoms with Gasteiger partial charge in [0.05, 0.1) is 0 Å². The number of rotatable bonds is 2. The minimum Gasteiger partial charge on any atom is -0.460 e. The summed E-state index contributed by atoms with van der Waals surface area (Å²) in [4.78, 5) is 11.2. The molecule has 0 aliphatic heterocycles. The Bertz CT molecular complexity index is 313. The average molecular weight is 220 g/mol. The molecule has 0 saturated heterocycles. The minimum atomic E-state index is 0.0586. The highest BCUT2D eigenvalue weighted by molar-refractivity contribution is 6.31. The third-order valence-electron chi connectivity index (χ3n) is 1.85. The molecule has 0 amide bonds. The molecule has 0 spiro atoms. The van der Waals surface area contributed by atoms with Crippen molar-refractivity contribution in [3.05, 3.63) is 10.6 Å². The first-order valence-corrected chi connectivity index (χ1v) is 4.64. The van der Waals surface area contributed by atoms with Gasteiger partial charge in [0.25, 0.3) is 0 Å². The summed E-state index contributed by atoms with van der Waals surface area (Å²) in [6.45, 7) is 2.09. The summed E-state index contributed by atoms with van der Waals surface area (Å²) in [6, 6.07) is 0.208. The van der Waals surface area contributed by atoms with Crippen molar-refractivity contribution in [2.24, 2.45) is 5.92 Å². The lowest BCUT2D eigenvalue weighted by molar-refractivity contribution is 0.263. The van der Waals surface area contributed by atoms with Crippen LogP contribution in [0, 0.1) is 5.92 Å². The Labute approximate surface area is 85.3 Å². The fraction of sp³-hybridized carbons (Fsp3) is 0.571. The third-order valence-corrected chi connectivity index (χ3v) is 2.19. The maximum absolute atomic E-state index is 5.56. The molecule has 1 unspecified atom stereocenters. The van der Waals surface area contributed by atoms with Crippen molar-refractivity contribution in [3.8, 4) is 6.01 Å². The largest absolute Gasteiger partial charge is 0.460 e. The summed E-state index contributed by atoms with van der Waals surface area (Å²) in [5.41, 5.74) is 0. The number of nitrogens with zero attached hydrogens (tertiary/aromatic N) is 3. The molecule has 1 aliphatic rings. The number of hydrogen-bond donors (Lipinski definition) is 0. The predicted molar refractivity (Wildman–Crippen MR) is 48.0 cm³/mol. The zero-order valence-corrected chi connectivity index (χ0v) is 8.38. The summed E-state index contributed by atoms with van der Waals surface area (Å²) in [6.07, 6.45) is 1.23. The SMILES string of the molecule is CC1C[C@H]1Oc1nc(Cl)nc(Cl)n1. The van der Waals surface area contributed by atoms with Crippen molar-refractivity contribution in [1.29, 1.82) is 0 Å². The van der Waals surface area contributed by atoms with Crippen LogP contribution in [-0.2, 0) is 0 Å². The average Bonchev–Trinajstić information content (AvgIpc) is 2.63. The van der Waals surface area contributed by atoms with E-state index in [1.165, 1.54) is 0 Å². The Morgan fingerprint density at radius 3 is 2.23 bits per heavy atom. The van der Waals surface area contributed by atoms with Crippen LogP contribution in [0.1, 0.15) is 13.3 Å². The van der Waals surface area contributed by atoms with Crippen molar-refractivity contribution < 1.29 is 4.74 Å². The van der Waals surface area contributed by atoms with Gasteiger partial charge >= 0.3 is 6.01 Å². The van der Waals surface area contributed by atoms with Crippen LogP contribution in [0.25, 0.3) is 0 Å². The van der Waals surface area contributed by atoms with E-state index in [9.17, 15) is 0 Å². The van der Waals surface area contributed by atoms with E-state index in [1.807, 2.05) is 0 Å². The predicted octanol–water partition coefficient (Wildman–Crippen LogP) is 1.97. The Kier molecular flexibility index (Phi) is 2.26. The second-order valence-corrected chi connectivity index (χ2v) is 3.70. The first-order valence-electron chi connectivity index (χ1n) is 3.89. The topological polar surface area (TPSA) is 47.9 Å². The molecule has 1 saturated carbocycles. The first kappa shape index (κ1) is 8.97. The van der Waals surface area contributed by atoms with Crippen molar-refractivity contribution in [2.75, 3.05) is 0 Å². The third kappa shape index (κ3) is 2.19. The van der Waals surface area contributed by atoms with Gasteiger partial charge in [-0.25, -0.2) is 0 Å². The Morgan fingerprint density at radius 2 is 1.77 bits per heavy atom. The van der Waals surface area contributed by atoms with Crippen LogP contribution in [0.3, 0.4) is 0 Å². The molecule has 1 aromatic rings. The van der Waals surface area contributed by atoms with E-state index >= 15 is 0 Å². The van der Waals surface area contributed by atoms with E-state index in [0.717, 1.165) is 6.42 Å². The van der Waals surface area contributed by atoms with Crippen molar-refractivity contribution >= 4 is 23.2 Å². The van der Waals surface area contributed by atoms with Crippen LogP contribution < -0.4 is 4.74 Å². The Morgan fingerprint density at radius 1 is 1.23 bits per heavy atom. The van der Waals surface area contributed by atoms with Gasteiger partial charge in [-0.2, -0.15) is 15.0 Å². The second kappa shape index (κ2) is 3.27. The highest BCUT2D eigenvalue weighted by Crippen LogP contribution is 2.33. The minimum absolute atomic E-state index is 0.0586. The number of ether oxygens (including phenoxy) is 1. The fourth-order valence-electron chi connectivity index (χ4n) is 0.949. The van der Waals surface area contributed by atoms with Crippen LogP contribution in [0.15, 0.2) is 0 Å². The van der Waals surface area contributed by atoms with E-state index in [-0.39, 0.29) is 22.7 Å². The fourth-order valence-corrected chi connectivity index (χ4v) is 1.30. The summed E-state index contributed by atoms with van der Waals surface area (Å²) in [5.74, 6) is 0.564. The highest BCUT2D eigenvalue weighted by atomic mass is 35.5. The van der Waals surface area contributed by atoms with Crippen molar-refractivity contribution in [2.45, 2.75) is 19.4 Å². The molecule has 13 heavy (non-hydrogen) atoms. The molecular weight excluding hydrogens is 213 g/mol. The maximum Gasteiger partial charge on any atom is 0.322 e. The van der Waals surface area contributed by atoms with Gasteiger partial charge in [-0.3, -0.25) is 0 Å². The van der Waals surface area contributed by atoms with Crippen LogP contribution in [0.2, 0.25) is 10.6 Å². The molecule has 0 aromatic carbocycles. The quantitative estimate of drug-likeness (QED) is 0.764. The zero-order valence-electron chi connectivity index (χ0n) is 6.87. The Balaban J connectivity index is 2.11. The molecule has 1 aromatic heterocycles. The van der Waals surface area contributed by atoms with Gasteiger partial charge in [0.1, 0.15) is 6.10 Å². The molecule has 4 nitrogen and oxygen atoms in total. The van der Waals surface area contributed by atoms with Crippen molar-refractivity contribution in [3.63, 3.8) is 0 Å². The Hall–Kier alpha value is -0.610. The molecule has 0 radical (unpaired) electrons. The standard InChI is InChI=1S/C7H7Cl2N3O/c1-3-2-4(3)13-7-11-5(8)10-6(9)12-7/h3-4H,2H2,1H3/t3?,4-/m1/s1. The molecule has 6 heteroatoms. The molecule has 0 bridgehead atoms. The second-order valence-electron chi connectivity index (χ2n) is 3.03. The molecular formula is C7H7Cl2N3O. The smallest absolute Gasteiger partial charge is 0.322 e. The molecule has 2 atom stereocenters. The van der Waals surface area contributed by atoms with E-state index in [0.29, 0.717) is 5.92 Å². The number of aromatic nitrogens is 3. The number of halogens is 2. The van der Waals surface area contributed by atoms with Gasteiger partial charge in [0, 0.05) is 0 Å². The van der Waals surface area contributed by atoms with Crippen LogP contribution in [0.5, 0.6) is 6.01 Å². The van der Waals surface area contributed by atoms with Gasteiger partial charge in [-0.15, -0.1) is 0 Å². The van der Waals surface area contributed by atoms with E-state index in [2.05, 4.69) is 21.9 Å². The highest BCUT2D eigenvalue weighted by Gasteiger charge is 2.35. The van der Waals surface area contributed by atoms with Crippen LogP contribution in [0.4, 0.5) is 0 Å². The molecule has 1 aliphatic carbocycles. The summed E-state index contributed by atoms with van der Waals surface area (Å²) in [7, 11) is 0. The summed E-state index contributed by atoms with van der Waals surface area (Å²) >= 11 is 11.1. The molecule has 1 heterocycles. The van der Waals surface area contributed by atoms with Crippen LogP contribution >= 0.6 is 23.2 Å². The molecule has 0 N–H and O–H groups in total.